The lowest BCUT2D eigenvalue weighted by molar-refractivity contribution is -0.116. The molecule has 3 rings (SSSR count). The number of fused-ring (bicyclic) bond motifs is 1. The Balaban J connectivity index is 2.01. The quantitative estimate of drug-likeness (QED) is 0.428. The summed E-state index contributed by atoms with van der Waals surface area (Å²) in [5, 5.41) is 3.12. The molecule has 2 N–H and O–H groups in total. The maximum absolute atomic E-state index is 12.5. The lowest BCUT2D eigenvalue weighted by Crippen LogP contribution is -2.24. The number of anilines is 2. The van der Waals surface area contributed by atoms with Crippen LogP contribution in [-0.4, -0.2) is 36.1 Å². The lowest BCUT2D eigenvalue weighted by Gasteiger charge is -2.24. The van der Waals surface area contributed by atoms with Crippen LogP contribution in [0.5, 0.6) is 5.75 Å². The minimum absolute atomic E-state index is 0.0525. The number of amides is 1. The number of nitrogens with zero attached hydrogens (tertiary/aromatic N) is 2. The van der Waals surface area contributed by atoms with Gasteiger partial charge in [0, 0.05) is 19.5 Å². The predicted octanol–water partition coefficient (Wildman–Crippen LogP) is 5.60. The lowest BCUT2D eigenvalue weighted by atomic mass is 10.1. The number of imidazole rings is 1. The number of ether oxygens (including phenoxy) is 1. The van der Waals surface area contributed by atoms with Crippen LogP contribution in [0.4, 0.5) is 11.4 Å². The Bertz CT molecular complexity index is 992. The second-order valence-corrected chi connectivity index (χ2v) is 7.35. The van der Waals surface area contributed by atoms with Gasteiger partial charge in [-0.15, -0.1) is 0 Å². The Labute approximate surface area is 178 Å². The van der Waals surface area contributed by atoms with Crippen LogP contribution in [0, 0.1) is 0 Å². The van der Waals surface area contributed by atoms with Crippen LogP contribution in [0.3, 0.4) is 0 Å². The number of para-hydroxylation sites is 1. The summed E-state index contributed by atoms with van der Waals surface area (Å²) < 4.78 is 5.49. The SMILES string of the molecule is CCCCCC(=O)Nc1cc2nc(-c3ccccc3OC)[nH]c2cc1N(CC)CC. The van der Waals surface area contributed by atoms with Gasteiger partial charge in [0.25, 0.3) is 0 Å². The number of methoxy groups -OCH3 is 1. The topological polar surface area (TPSA) is 70.2 Å². The van der Waals surface area contributed by atoms with Crippen molar-refractivity contribution in [1.82, 2.24) is 9.97 Å². The van der Waals surface area contributed by atoms with E-state index in [-0.39, 0.29) is 5.91 Å². The Morgan fingerprint density at radius 2 is 1.90 bits per heavy atom. The molecule has 0 saturated carbocycles. The van der Waals surface area contributed by atoms with E-state index in [1.165, 1.54) is 0 Å². The maximum atomic E-state index is 12.5. The molecule has 160 valence electrons. The van der Waals surface area contributed by atoms with Crippen molar-refractivity contribution in [3.8, 4) is 17.1 Å². The molecule has 0 aliphatic heterocycles. The summed E-state index contributed by atoms with van der Waals surface area (Å²) in [4.78, 5) is 23.0. The van der Waals surface area contributed by atoms with E-state index in [1.54, 1.807) is 7.11 Å². The second-order valence-electron chi connectivity index (χ2n) is 7.35. The summed E-state index contributed by atoms with van der Waals surface area (Å²) >= 11 is 0. The number of hydrogen-bond acceptors (Lipinski definition) is 4. The van der Waals surface area contributed by atoms with Crippen LogP contribution in [0.1, 0.15) is 46.5 Å². The van der Waals surface area contributed by atoms with Gasteiger partial charge in [-0.2, -0.15) is 0 Å². The van der Waals surface area contributed by atoms with E-state index in [0.717, 1.165) is 71.9 Å². The molecule has 30 heavy (non-hydrogen) atoms. The van der Waals surface area contributed by atoms with Gasteiger partial charge in [-0.1, -0.05) is 31.9 Å². The third-order valence-electron chi connectivity index (χ3n) is 5.35. The number of hydrogen-bond donors (Lipinski definition) is 2. The Hall–Kier alpha value is -3.02. The van der Waals surface area contributed by atoms with Crippen molar-refractivity contribution in [2.75, 3.05) is 30.4 Å². The molecular formula is C24H32N4O2. The van der Waals surface area contributed by atoms with Crippen LogP contribution in [0.15, 0.2) is 36.4 Å². The minimum atomic E-state index is 0.0525. The highest BCUT2D eigenvalue weighted by Crippen LogP contribution is 2.34. The largest absolute Gasteiger partial charge is 0.496 e. The van der Waals surface area contributed by atoms with Crippen molar-refractivity contribution in [2.24, 2.45) is 0 Å². The van der Waals surface area contributed by atoms with Gasteiger partial charge in [0.15, 0.2) is 0 Å². The molecular weight excluding hydrogens is 376 g/mol. The average molecular weight is 409 g/mol. The summed E-state index contributed by atoms with van der Waals surface area (Å²) in [7, 11) is 1.66. The van der Waals surface area contributed by atoms with E-state index >= 15 is 0 Å². The highest BCUT2D eigenvalue weighted by molar-refractivity contribution is 5.99. The van der Waals surface area contributed by atoms with Crippen molar-refractivity contribution in [3.05, 3.63) is 36.4 Å². The van der Waals surface area contributed by atoms with Crippen molar-refractivity contribution in [2.45, 2.75) is 46.5 Å². The van der Waals surface area contributed by atoms with E-state index in [2.05, 4.69) is 42.0 Å². The fourth-order valence-electron chi connectivity index (χ4n) is 3.69. The number of aromatic amines is 1. The Morgan fingerprint density at radius 1 is 1.13 bits per heavy atom. The molecule has 1 amide bonds. The first-order valence-electron chi connectivity index (χ1n) is 10.8. The van der Waals surface area contributed by atoms with E-state index in [1.807, 2.05) is 30.3 Å². The van der Waals surface area contributed by atoms with Gasteiger partial charge in [-0.05, 0) is 44.5 Å². The summed E-state index contributed by atoms with van der Waals surface area (Å²) in [6.45, 7) is 8.09. The van der Waals surface area contributed by atoms with Gasteiger partial charge in [0.05, 0.1) is 35.1 Å². The van der Waals surface area contributed by atoms with Gasteiger partial charge in [0.1, 0.15) is 11.6 Å². The highest BCUT2D eigenvalue weighted by atomic mass is 16.5. The summed E-state index contributed by atoms with van der Waals surface area (Å²) in [6.07, 6.45) is 3.61. The zero-order valence-corrected chi connectivity index (χ0v) is 18.4. The Morgan fingerprint density at radius 3 is 2.60 bits per heavy atom. The number of H-pyrrole nitrogens is 1. The zero-order chi connectivity index (χ0) is 21.5. The molecule has 1 aromatic heterocycles. The number of benzene rings is 2. The first kappa shape index (κ1) is 21.7. The van der Waals surface area contributed by atoms with E-state index in [0.29, 0.717) is 6.42 Å². The van der Waals surface area contributed by atoms with E-state index in [9.17, 15) is 4.79 Å². The normalized spacial score (nSPS) is 10.9. The van der Waals surface area contributed by atoms with Crippen LogP contribution in [0.2, 0.25) is 0 Å². The van der Waals surface area contributed by atoms with Crippen molar-refractivity contribution < 1.29 is 9.53 Å². The molecule has 0 saturated heterocycles. The van der Waals surface area contributed by atoms with Gasteiger partial charge in [0.2, 0.25) is 5.91 Å². The fourth-order valence-corrected chi connectivity index (χ4v) is 3.69. The molecule has 6 nitrogen and oxygen atoms in total. The Kier molecular flexibility index (Phi) is 7.33. The molecule has 0 radical (unpaired) electrons. The number of unbranched alkanes of at least 4 members (excludes halogenated alkanes) is 2. The van der Waals surface area contributed by atoms with Gasteiger partial charge in [-0.25, -0.2) is 4.98 Å². The molecule has 3 aromatic rings. The molecule has 0 fully saturated rings. The van der Waals surface area contributed by atoms with Crippen LogP contribution in [-0.2, 0) is 4.79 Å². The molecule has 2 aromatic carbocycles. The van der Waals surface area contributed by atoms with E-state index in [4.69, 9.17) is 9.72 Å². The number of carbonyl (C=O) groups is 1. The molecule has 1 heterocycles. The fraction of sp³-hybridized carbons (Fsp3) is 0.417. The second kappa shape index (κ2) is 10.1. The summed E-state index contributed by atoms with van der Waals surface area (Å²) in [5.74, 6) is 1.57. The summed E-state index contributed by atoms with van der Waals surface area (Å²) in [5.41, 5.74) is 4.47. The smallest absolute Gasteiger partial charge is 0.224 e. The summed E-state index contributed by atoms with van der Waals surface area (Å²) in [6, 6.07) is 11.9. The molecule has 0 unspecified atom stereocenters. The first-order chi connectivity index (χ1) is 14.6. The third kappa shape index (κ3) is 4.75. The average Bonchev–Trinajstić information content (AvgIpc) is 3.17. The van der Waals surface area contributed by atoms with Crippen molar-refractivity contribution in [1.29, 1.82) is 0 Å². The molecule has 0 bridgehead atoms. The zero-order valence-electron chi connectivity index (χ0n) is 18.4. The van der Waals surface area contributed by atoms with Gasteiger partial charge < -0.3 is 19.9 Å². The van der Waals surface area contributed by atoms with Gasteiger partial charge >= 0.3 is 0 Å². The number of rotatable bonds is 10. The maximum Gasteiger partial charge on any atom is 0.224 e. The standard InChI is InChI=1S/C24H32N4O2/c1-5-8-9-14-23(29)25-20-15-18-19(16-21(20)28(6-2)7-3)27-24(26-18)17-12-10-11-13-22(17)30-4/h10-13,15-16H,5-9,14H2,1-4H3,(H,25,29)(H,26,27). The molecule has 0 aliphatic carbocycles. The monoisotopic (exact) mass is 408 g/mol. The minimum Gasteiger partial charge on any atom is -0.496 e. The molecule has 6 heteroatoms. The molecule has 0 aliphatic rings. The predicted molar refractivity (Wildman–Crippen MR) is 124 cm³/mol. The number of aromatic nitrogens is 2. The molecule has 0 spiro atoms. The highest BCUT2D eigenvalue weighted by Gasteiger charge is 2.16. The number of carbonyl (C=O) groups excluding carboxylic acids is 1. The van der Waals surface area contributed by atoms with Crippen LogP contribution in [0.25, 0.3) is 22.4 Å². The van der Waals surface area contributed by atoms with Crippen molar-refractivity contribution in [3.63, 3.8) is 0 Å². The van der Waals surface area contributed by atoms with Crippen LogP contribution >= 0.6 is 0 Å². The van der Waals surface area contributed by atoms with Gasteiger partial charge in [-0.3, -0.25) is 4.79 Å². The third-order valence-corrected chi connectivity index (χ3v) is 5.35. The van der Waals surface area contributed by atoms with Crippen LogP contribution < -0.4 is 15.0 Å². The number of nitrogens with one attached hydrogen (secondary N) is 2. The van der Waals surface area contributed by atoms with E-state index < -0.39 is 0 Å². The van der Waals surface area contributed by atoms with Crippen molar-refractivity contribution >= 4 is 28.3 Å². The molecule has 0 atom stereocenters. The first-order valence-corrected chi connectivity index (χ1v) is 10.8.